The molecule has 1 saturated heterocycles. The van der Waals surface area contributed by atoms with E-state index in [0.29, 0.717) is 11.4 Å². The van der Waals surface area contributed by atoms with Crippen molar-refractivity contribution < 1.29 is 14.4 Å². The maximum Gasteiger partial charge on any atom is 0.293 e. The van der Waals surface area contributed by atoms with Crippen molar-refractivity contribution in [3.8, 4) is 0 Å². The number of thioether (sulfide) groups is 1. The Bertz CT molecular complexity index is 1120. The number of nitrogens with zero attached hydrogens (tertiary/aromatic N) is 2. The summed E-state index contributed by atoms with van der Waals surface area (Å²) < 4.78 is 0. The van der Waals surface area contributed by atoms with E-state index in [1.54, 1.807) is 6.08 Å². The fraction of sp³-hybridized carbons (Fsp3) is 0.370. The quantitative estimate of drug-likeness (QED) is 0.632. The molecule has 2 aromatic carbocycles. The Labute approximate surface area is 205 Å². The number of imide groups is 1. The SMILES string of the molecule is CC(C)(C)c1ccc(C=C2SC(=O)N(CCNC(=O)CN3CCc4ccccc4C3)C2=O)cc1. The molecule has 7 heteroatoms. The molecule has 2 aromatic rings. The van der Waals surface area contributed by atoms with Gasteiger partial charge in [0.2, 0.25) is 5.91 Å². The molecule has 2 aliphatic rings. The zero-order chi connectivity index (χ0) is 24.3. The second-order valence-corrected chi connectivity index (χ2v) is 10.8. The first kappa shape index (κ1) is 24.2. The topological polar surface area (TPSA) is 69.7 Å². The van der Waals surface area contributed by atoms with E-state index < -0.39 is 0 Å². The molecule has 34 heavy (non-hydrogen) atoms. The summed E-state index contributed by atoms with van der Waals surface area (Å²) in [5, 5.41) is 2.55. The number of benzene rings is 2. The lowest BCUT2D eigenvalue weighted by Crippen LogP contribution is -2.42. The number of rotatable bonds is 6. The number of fused-ring (bicyclic) bond motifs is 1. The standard InChI is InChI=1S/C27H31N3O3S/c1-27(2,3)22-10-8-19(9-11-22)16-23-25(32)30(26(33)34-23)15-13-28-24(31)18-29-14-12-20-6-4-5-7-21(20)17-29/h4-11,16H,12-15,17-18H2,1-3H3,(H,28,31). The Morgan fingerprint density at radius 1 is 1.06 bits per heavy atom. The summed E-state index contributed by atoms with van der Waals surface area (Å²) in [6.45, 7) is 8.77. The average molecular weight is 478 g/mol. The maximum atomic E-state index is 12.8. The normalized spacial score (nSPS) is 17.9. The second-order valence-electron chi connectivity index (χ2n) is 9.78. The lowest BCUT2D eigenvalue weighted by molar-refractivity contribution is -0.124. The first-order valence-corrected chi connectivity index (χ1v) is 12.4. The van der Waals surface area contributed by atoms with Gasteiger partial charge in [0, 0.05) is 26.2 Å². The number of carbonyl (C=O) groups excluding carboxylic acids is 3. The van der Waals surface area contributed by atoms with E-state index in [4.69, 9.17) is 0 Å². The fourth-order valence-electron chi connectivity index (χ4n) is 4.18. The molecular formula is C27H31N3O3S. The van der Waals surface area contributed by atoms with Crippen LogP contribution in [0.15, 0.2) is 53.4 Å². The molecule has 0 spiro atoms. The number of amides is 3. The van der Waals surface area contributed by atoms with Gasteiger partial charge in [-0.2, -0.15) is 0 Å². The van der Waals surface area contributed by atoms with Crippen molar-refractivity contribution >= 4 is 34.9 Å². The van der Waals surface area contributed by atoms with Crippen LogP contribution in [-0.4, -0.2) is 53.0 Å². The molecule has 0 unspecified atom stereocenters. The van der Waals surface area contributed by atoms with E-state index in [2.05, 4.69) is 43.1 Å². The van der Waals surface area contributed by atoms with Gasteiger partial charge in [-0.3, -0.25) is 24.2 Å². The third-order valence-corrected chi connectivity index (χ3v) is 7.09. The molecule has 0 aliphatic carbocycles. The second kappa shape index (κ2) is 10.2. The van der Waals surface area contributed by atoms with Gasteiger partial charge >= 0.3 is 0 Å². The van der Waals surface area contributed by atoms with Crippen molar-refractivity contribution in [2.75, 3.05) is 26.2 Å². The Morgan fingerprint density at radius 2 is 1.76 bits per heavy atom. The monoisotopic (exact) mass is 477 g/mol. The van der Waals surface area contributed by atoms with Gasteiger partial charge < -0.3 is 5.32 Å². The molecule has 1 N–H and O–H groups in total. The molecular weight excluding hydrogens is 446 g/mol. The summed E-state index contributed by atoms with van der Waals surface area (Å²) >= 11 is 0.945. The summed E-state index contributed by atoms with van der Waals surface area (Å²) in [7, 11) is 0. The minimum Gasteiger partial charge on any atom is -0.353 e. The highest BCUT2D eigenvalue weighted by Crippen LogP contribution is 2.32. The van der Waals surface area contributed by atoms with E-state index in [0.717, 1.165) is 36.8 Å². The van der Waals surface area contributed by atoms with Crippen molar-refractivity contribution in [1.29, 1.82) is 0 Å². The molecule has 3 amide bonds. The average Bonchev–Trinajstić information content (AvgIpc) is 3.06. The van der Waals surface area contributed by atoms with Crippen LogP contribution < -0.4 is 5.32 Å². The van der Waals surface area contributed by atoms with Gasteiger partial charge in [0.05, 0.1) is 11.4 Å². The van der Waals surface area contributed by atoms with Crippen LogP contribution in [0.5, 0.6) is 0 Å². The van der Waals surface area contributed by atoms with E-state index in [1.165, 1.54) is 21.6 Å². The van der Waals surface area contributed by atoms with Gasteiger partial charge in [-0.25, -0.2) is 0 Å². The molecule has 0 atom stereocenters. The van der Waals surface area contributed by atoms with Crippen LogP contribution in [0.3, 0.4) is 0 Å². The van der Waals surface area contributed by atoms with Crippen molar-refractivity contribution in [1.82, 2.24) is 15.1 Å². The molecule has 1 fully saturated rings. The molecule has 0 bridgehead atoms. The van der Waals surface area contributed by atoms with E-state index in [9.17, 15) is 14.4 Å². The summed E-state index contributed by atoms with van der Waals surface area (Å²) in [6, 6.07) is 16.3. The summed E-state index contributed by atoms with van der Waals surface area (Å²) in [5.41, 5.74) is 4.76. The van der Waals surface area contributed by atoms with E-state index in [1.807, 2.05) is 36.4 Å². The molecule has 6 nitrogen and oxygen atoms in total. The Morgan fingerprint density at radius 3 is 2.47 bits per heavy atom. The number of carbonyl (C=O) groups is 3. The zero-order valence-electron chi connectivity index (χ0n) is 20.0. The molecule has 2 aliphatic heterocycles. The van der Waals surface area contributed by atoms with Gasteiger partial charge in [-0.15, -0.1) is 0 Å². The van der Waals surface area contributed by atoms with Gasteiger partial charge in [0.1, 0.15) is 0 Å². The summed E-state index contributed by atoms with van der Waals surface area (Å²) in [6.07, 6.45) is 2.69. The first-order chi connectivity index (χ1) is 16.2. The highest BCUT2D eigenvalue weighted by atomic mass is 32.2. The highest BCUT2D eigenvalue weighted by molar-refractivity contribution is 8.18. The molecule has 4 rings (SSSR count). The van der Waals surface area contributed by atoms with Crippen molar-refractivity contribution in [2.45, 2.75) is 39.2 Å². The van der Waals surface area contributed by atoms with Crippen molar-refractivity contribution in [3.05, 3.63) is 75.7 Å². The van der Waals surface area contributed by atoms with Gasteiger partial charge in [0.15, 0.2) is 0 Å². The smallest absolute Gasteiger partial charge is 0.293 e. The van der Waals surface area contributed by atoms with Gasteiger partial charge in [-0.1, -0.05) is 69.3 Å². The number of hydrogen-bond acceptors (Lipinski definition) is 5. The third-order valence-electron chi connectivity index (χ3n) is 6.18. The highest BCUT2D eigenvalue weighted by Gasteiger charge is 2.34. The van der Waals surface area contributed by atoms with Crippen LogP contribution in [0.2, 0.25) is 0 Å². The molecule has 0 aromatic heterocycles. The van der Waals surface area contributed by atoms with Crippen LogP contribution in [0, 0.1) is 0 Å². The lowest BCUT2D eigenvalue weighted by Gasteiger charge is -2.28. The van der Waals surface area contributed by atoms with Crippen LogP contribution in [-0.2, 0) is 28.0 Å². The van der Waals surface area contributed by atoms with Gasteiger partial charge in [0.25, 0.3) is 11.1 Å². The zero-order valence-corrected chi connectivity index (χ0v) is 20.8. The molecule has 2 heterocycles. The predicted molar refractivity (Wildman–Crippen MR) is 136 cm³/mol. The van der Waals surface area contributed by atoms with Crippen LogP contribution in [0.25, 0.3) is 6.08 Å². The van der Waals surface area contributed by atoms with Crippen molar-refractivity contribution in [2.24, 2.45) is 0 Å². The lowest BCUT2D eigenvalue weighted by atomic mass is 9.87. The largest absolute Gasteiger partial charge is 0.353 e. The fourth-order valence-corrected chi connectivity index (χ4v) is 5.04. The van der Waals surface area contributed by atoms with E-state index in [-0.39, 0.29) is 35.6 Å². The third kappa shape index (κ3) is 5.77. The van der Waals surface area contributed by atoms with E-state index >= 15 is 0 Å². The molecule has 178 valence electrons. The van der Waals surface area contributed by atoms with Crippen LogP contribution in [0.4, 0.5) is 4.79 Å². The Hall–Kier alpha value is -2.90. The minimum atomic E-state index is -0.309. The summed E-state index contributed by atoms with van der Waals surface area (Å²) in [4.78, 5) is 41.3. The predicted octanol–water partition coefficient (Wildman–Crippen LogP) is 4.19. The first-order valence-electron chi connectivity index (χ1n) is 11.6. The minimum absolute atomic E-state index is 0.0548. The van der Waals surface area contributed by atoms with Crippen LogP contribution >= 0.6 is 11.8 Å². The van der Waals surface area contributed by atoms with Crippen molar-refractivity contribution in [3.63, 3.8) is 0 Å². The Kier molecular flexibility index (Phi) is 7.24. The molecule has 0 saturated carbocycles. The molecule has 0 radical (unpaired) electrons. The Balaban J connectivity index is 1.27. The van der Waals surface area contributed by atoms with Gasteiger partial charge in [-0.05, 0) is 51.9 Å². The number of hydrogen-bond donors (Lipinski definition) is 1. The number of nitrogens with one attached hydrogen (secondary N) is 1. The maximum absolute atomic E-state index is 12.8. The van der Waals surface area contributed by atoms with Crippen LogP contribution in [0.1, 0.15) is 43.0 Å². The summed E-state index contributed by atoms with van der Waals surface area (Å²) in [5.74, 6) is -0.405.